The van der Waals surface area contributed by atoms with Crippen LogP contribution in [-0.2, 0) is 75.2 Å². The van der Waals surface area contributed by atoms with Gasteiger partial charge >= 0.3 is 5.97 Å². The van der Waals surface area contributed by atoms with Crippen molar-refractivity contribution in [3.63, 3.8) is 0 Å². The van der Waals surface area contributed by atoms with Crippen molar-refractivity contribution in [3.05, 3.63) is 59.7 Å². The van der Waals surface area contributed by atoms with Crippen LogP contribution >= 0.6 is 0 Å². The van der Waals surface area contributed by atoms with Gasteiger partial charge in [-0.2, -0.15) is 0 Å². The van der Waals surface area contributed by atoms with Gasteiger partial charge in [-0.25, -0.2) is 5.43 Å². The topological polar surface area (TPSA) is 654 Å². The van der Waals surface area contributed by atoms with Crippen LogP contribution in [0, 0.1) is 11.8 Å². The Morgan fingerprint density at radius 3 is 1.35 bits per heavy atom. The van der Waals surface area contributed by atoms with E-state index in [1.165, 1.54) is 43.3 Å². The first-order valence-electron chi connectivity index (χ1n) is 33.3. The number of benzene rings is 2. The zero-order chi connectivity index (χ0) is 76.8. The summed E-state index contributed by atoms with van der Waals surface area (Å²) in [5.74, 6) is -13.5. The molecular weight excluding hydrogens is 1330 g/mol. The molecule has 0 saturated heterocycles. The second-order valence-corrected chi connectivity index (χ2v) is 25.2. The molecule has 0 aliphatic carbocycles. The highest BCUT2D eigenvalue weighted by molar-refractivity contribution is 5.98. The largest absolute Gasteiger partial charge is 0.508 e. The maximum Gasteiger partial charge on any atom is 0.322 e. The van der Waals surface area contributed by atoms with E-state index in [1.54, 1.807) is 39.8 Å². The number of carboxylic acid groups (broad SMARTS) is 1. The van der Waals surface area contributed by atoms with E-state index in [0.717, 1.165) is 6.92 Å². The van der Waals surface area contributed by atoms with Crippen molar-refractivity contribution in [2.45, 2.75) is 192 Å². The number of hydrogen-bond donors (Lipinski definition) is 23. The van der Waals surface area contributed by atoms with Crippen LogP contribution in [0.5, 0.6) is 11.5 Å². The molecule has 0 unspecified atom stereocenters. The first-order chi connectivity index (χ1) is 48.0. The zero-order valence-corrected chi connectivity index (χ0v) is 58.4. The van der Waals surface area contributed by atoms with Crippen molar-refractivity contribution in [1.29, 1.82) is 0 Å². The Morgan fingerprint density at radius 2 is 0.873 bits per heavy atom. The van der Waals surface area contributed by atoms with Gasteiger partial charge in [0, 0.05) is 25.9 Å². The number of aromatic hydroxyl groups is 2. The number of phenols is 2. The van der Waals surface area contributed by atoms with Crippen molar-refractivity contribution < 1.29 is 82.8 Å². The van der Waals surface area contributed by atoms with E-state index in [1.807, 2.05) is 0 Å². The predicted octanol–water partition coefficient (Wildman–Crippen LogP) is -6.61. The molecule has 0 heterocycles. The van der Waals surface area contributed by atoms with Gasteiger partial charge in [-0.3, -0.25) is 77.7 Å². The quantitative estimate of drug-likeness (QED) is 0.0127. The summed E-state index contributed by atoms with van der Waals surface area (Å²) in [5, 5.41) is 64.2. The monoisotopic (exact) mass is 1440 g/mol. The second-order valence-electron chi connectivity index (χ2n) is 25.2. The Morgan fingerprint density at radius 1 is 0.451 bits per heavy atom. The lowest BCUT2D eigenvalue weighted by Crippen LogP contribution is -2.61. The number of nitrogens with one attached hydrogen (secondary N) is 12. The van der Waals surface area contributed by atoms with E-state index in [0.29, 0.717) is 24.0 Å². The van der Waals surface area contributed by atoms with E-state index in [4.69, 9.17) is 40.1 Å². The third-order valence-corrected chi connectivity index (χ3v) is 15.2. The maximum atomic E-state index is 14.4. The van der Waals surface area contributed by atoms with Crippen molar-refractivity contribution in [2.24, 2.45) is 62.0 Å². The molecule has 11 atom stereocenters. The number of aliphatic imine (C=N–C) groups is 2. The molecule has 2 aromatic rings. The van der Waals surface area contributed by atoms with Gasteiger partial charge in [0.25, 0.3) is 5.91 Å². The number of aliphatic hydroxyl groups is 1. The summed E-state index contributed by atoms with van der Waals surface area (Å²) in [6.45, 7) is 7.94. The molecule has 0 radical (unpaired) electrons. The number of primary amides is 1. The number of carbonyl (C=O) groups is 13. The SMILES string of the molecule is CC(C)C[C@H](NNC(=O)[C@H](C)NC(=O)[C@@H](N)Cc1ccc(O)cc1)C(=O)N[C@@H](CCCCN)C(=O)N[C@@H](CCCN=C(N)N)C(=O)N[C@@H](CCC(N)=O)C(=O)NCC(=O)N[C@@H](CCCN=C(N)N)C(=O)N[C@H](C(=O)N[C@@H](CC(C)C)C(=O)N[C@@H](Cc1ccc(O)cc1)C(=O)NCC(=O)O)[C@@H](C)O. The number of phenolic OH excluding ortho intramolecular Hbond substituents is 2. The number of aliphatic hydroxyl groups excluding tert-OH is 1. The van der Waals surface area contributed by atoms with Crippen LogP contribution in [-0.4, -0.2) is 208 Å². The standard InChI is InChI=1S/C64H105N21O17/c1-33(2)27-46(60(100)81-47(56(96)75-32-51(91)92)30-38-16-20-40(88)21-17-38)82-62(102)52(36(6)86)83-59(99)42(12-9-25-72-63(68)69)77-50(90)31-74-55(95)45(22-23-49(67)89)80-58(98)44(13-10-26-73-64(70)71)78-57(97)43(11-7-8-24-65)79-61(101)48(28-34(3)4)84-85-53(93)35(5)76-54(94)41(66)29-37-14-18-39(87)19-15-37/h14-21,33-36,41-48,52,84,86-88H,7-13,22-32,65-66H2,1-6H3,(H2,67,89)(H,74,95)(H,75,96)(H,76,94)(H,77,90)(H,78,97)(H,79,101)(H,80,98)(H,81,100)(H,82,102)(H,83,99)(H,85,93)(H,91,92)(H4,68,69,72)(H4,70,71,73)/t35-,36+,41-,42-,43-,44-,45-,46-,47-,48-,52-/m0/s1. The summed E-state index contributed by atoms with van der Waals surface area (Å²) >= 11 is 0. The van der Waals surface area contributed by atoms with E-state index < -0.39 is 169 Å². The zero-order valence-electron chi connectivity index (χ0n) is 58.4. The van der Waals surface area contributed by atoms with Gasteiger partial charge in [-0.1, -0.05) is 52.0 Å². The van der Waals surface area contributed by atoms with Crippen LogP contribution in [0.3, 0.4) is 0 Å². The molecule has 0 saturated carbocycles. The Hall–Kier alpha value is -10.5. The van der Waals surface area contributed by atoms with Crippen LogP contribution in [0.1, 0.15) is 123 Å². The Bertz CT molecular complexity index is 3170. The molecule has 12 amide bonds. The Balaban J connectivity index is 2.40. The highest BCUT2D eigenvalue weighted by atomic mass is 16.4. The third-order valence-electron chi connectivity index (χ3n) is 15.2. The van der Waals surface area contributed by atoms with Gasteiger partial charge in [-0.15, -0.1) is 0 Å². The van der Waals surface area contributed by atoms with Gasteiger partial charge < -0.3 is 114 Å². The maximum absolute atomic E-state index is 14.4. The fourth-order valence-corrected chi connectivity index (χ4v) is 9.81. The number of amides is 12. The van der Waals surface area contributed by atoms with Crippen molar-refractivity contribution >= 4 is 88.8 Å². The van der Waals surface area contributed by atoms with Gasteiger partial charge in [0.05, 0.1) is 18.7 Å². The minimum Gasteiger partial charge on any atom is -0.508 e. The number of carbonyl (C=O) groups excluding carboxylic acids is 12. The summed E-state index contributed by atoms with van der Waals surface area (Å²) in [4.78, 5) is 184. The van der Waals surface area contributed by atoms with Crippen molar-refractivity contribution in [1.82, 2.24) is 64.0 Å². The van der Waals surface area contributed by atoms with Crippen LogP contribution in [0.15, 0.2) is 58.5 Å². The van der Waals surface area contributed by atoms with Crippen molar-refractivity contribution in [2.75, 3.05) is 32.7 Å². The summed E-state index contributed by atoms with van der Waals surface area (Å²) < 4.78 is 0. The minimum atomic E-state index is -1.82. The van der Waals surface area contributed by atoms with Crippen molar-refractivity contribution in [3.8, 4) is 11.5 Å². The average Bonchev–Trinajstić information content (AvgIpc) is 0.858. The van der Waals surface area contributed by atoms with Gasteiger partial charge in [0.2, 0.25) is 65.0 Å². The lowest BCUT2D eigenvalue weighted by atomic mass is 10.00. The van der Waals surface area contributed by atoms with Gasteiger partial charge in [0.1, 0.15) is 72.4 Å². The smallest absolute Gasteiger partial charge is 0.322 e. The molecular formula is C64H105N21O17. The number of nitrogens with two attached hydrogens (primary N) is 7. The molecule has 38 nitrogen and oxygen atoms in total. The molecule has 2 aromatic carbocycles. The number of carboxylic acids is 1. The Labute approximate surface area is 590 Å². The van der Waals surface area contributed by atoms with Crippen LogP contribution in [0.4, 0.5) is 0 Å². The molecule has 568 valence electrons. The van der Waals surface area contributed by atoms with Crippen LogP contribution in [0.25, 0.3) is 0 Å². The molecule has 0 aliphatic heterocycles. The first-order valence-corrected chi connectivity index (χ1v) is 33.3. The molecule has 0 bridgehead atoms. The number of hydrazine groups is 1. The Kier molecular flexibility index (Phi) is 39.6. The predicted molar refractivity (Wildman–Crippen MR) is 373 cm³/mol. The van der Waals surface area contributed by atoms with E-state index in [-0.39, 0.29) is 113 Å². The fraction of sp³-hybridized carbons (Fsp3) is 0.578. The van der Waals surface area contributed by atoms with Crippen LogP contribution < -0.4 is 104 Å². The molecule has 0 fully saturated rings. The number of unbranched alkanes of at least 4 members (excludes halogenated alkanes) is 1. The third kappa shape index (κ3) is 35.5. The average molecular weight is 1440 g/mol. The molecule has 2 rings (SSSR count). The summed E-state index contributed by atoms with van der Waals surface area (Å²) in [6, 6.07) is -2.44. The van der Waals surface area contributed by atoms with Gasteiger partial charge in [0.15, 0.2) is 11.9 Å². The molecule has 102 heavy (non-hydrogen) atoms. The summed E-state index contributed by atoms with van der Waals surface area (Å²) in [6.07, 6.45) is -2.34. The molecule has 38 heteroatoms. The van der Waals surface area contributed by atoms with Crippen LogP contribution in [0.2, 0.25) is 0 Å². The number of nitrogens with zero attached hydrogens (tertiary/aromatic N) is 2. The highest BCUT2D eigenvalue weighted by Crippen LogP contribution is 2.16. The fourth-order valence-electron chi connectivity index (χ4n) is 9.81. The second kappa shape index (κ2) is 46.1. The normalized spacial score (nSPS) is 14.3. The highest BCUT2D eigenvalue weighted by Gasteiger charge is 2.36. The molecule has 30 N–H and O–H groups in total. The lowest BCUT2D eigenvalue weighted by Gasteiger charge is -2.28. The number of rotatable bonds is 48. The lowest BCUT2D eigenvalue weighted by molar-refractivity contribution is -0.139. The first kappa shape index (κ1) is 87.6. The number of guanidine groups is 2. The number of aliphatic carboxylic acids is 1. The van der Waals surface area contributed by atoms with E-state index in [2.05, 4.69) is 74.0 Å². The number of hydrogen-bond acceptors (Lipinski definition) is 21. The van der Waals surface area contributed by atoms with E-state index >= 15 is 0 Å². The van der Waals surface area contributed by atoms with Gasteiger partial charge in [-0.05, 0) is 138 Å². The molecule has 0 aliphatic rings. The minimum absolute atomic E-state index is 0.0130. The molecule has 0 spiro atoms. The van der Waals surface area contributed by atoms with E-state index in [9.17, 15) is 82.8 Å². The summed E-state index contributed by atoms with van der Waals surface area (Å²) in [5.41, 5.74) is 45.6. The summed E-state index contributed by atoms with van der Waals surface area (Å²) in [7, 11) is 0. The molecule has 0 aromatic heterocycles.